The van der Waals surface area contributed by atoms with Crippen LogP contribution in [-0.2, 0) is 48.1 Å². The molecule has 3 heterocycles. The van der Waals surface area contributed by atoms with Gasteiger partial charge in [0.25, 0.3) is 0 Å². The number of nitrogens with zero attached hydrogens (tertiary/aromatic N) is 4. The first-order chi connectivity index (χ1) is 32.2. The molecule has 0 N–H and O–H groups in total. The minimum atomic E-state index is -0.250. The van der Waals surface area contributed by atoms with Gasteiger partial charge in [-0.2, -0.15) is 0 Å². The smallest absolute Gasteiger partial charge is 0.135 e. The fourth-order valence-corrected chi connectivity index (χ4v) is 9.98. The second-order valence-corrected chi connectivity index (χ2v) is 26.6. The van der Waals surface area contributed by atoms with E-state index in [0.29, 0.717) is 11.5 Å². The number of allylic oxidation sites excluding steroid dienone is 2. The molecule has 0 spiro atoms. The summed E-state index contributed by atoms with van der Waals surface area (Å²) in [5, 5.41) is 2.34. The molecule has 0 amide bonds. The predicted octanol–water partition coefficient (Wildman–Crippen LogP) is 17.8. The molecular weight excluding hydrogens is 1050 g/mol. The van der Waals surface area contributed by atoms with Crippen molar-refractivity contribution in [1.29, 1.82) is 0 Å². The molecule has 7 aromatic rings. The molecule has 0 saturated carbocycles. The van der Waals surface area contributed by atoms with Gasteiger partial charge in [0, 0.05) is 77.6 Å². The standard InChI is InChI=1S/C65H79N4O.Pt/c1-59(2,3)43-30-31-66-55(37-43)69-53-29-25-24-28-51(53)56-52(62(10,11)12)39-50(40-54(56)69)70-49-36-45(61(7,8)9)34-48(38-49)68-41-67(57(63(13,14)15)58(68)64(16,17)18)47-33-44(60(4,5)6)32-46(35-47)65(19,20)42-26-22-21-23-27-42;/h21-37,39,41H,1-20H3;/q-3;. The molecular formula is C65H79N4OPt-3. The van der Waals surface area contributed by atoms with E-state index in [2.05, 4.69) is 275 Å². The van der Waals surface area contributed by atoms with E-state index < -0.39 is 0 Å². The zero-order chi connectivity index (χ0) is 51.3. The van der Waals surface area contributed by atoms with Gasteiger partial charge in [0.05, 0.1) is 0 Å². The van der Waals surface area contributed by atoms with Crippen LogP contribution in [0.15, 0.2) is 121 Å². The van der Waals surface area contributed by atoms with Crippen LogP contribution < -0.4 is 14.5 Å². The van der Waals surface area contributed by atoms with Crippen molar-refractivity contribution in [2.75, 3.05) is 9.80 Å². The third-order valence-corrected chi connectivity index (χ3v) is 14.1. The Morgan fingerprint density at radius 3 is 1.62 bits per heavy atom. The maximum atomic E-state index is 7.18. The molecule has 71 heavy (non-hydrogen) atoms. The Balaban J connectivity index is 0.00000741. The number of hydrogen-bond donors (Lipinski definition) is 0. The summed E-state index contributed by atoms with van der Waals surface area (Å²) in [5.41, 5.74) is 12.8. The number of para-hydroxylation sites is 1. The van der Waals surface area contributed by atoms with Crippen molar-refractivity contribution in [2.45, 2.75) is 166 Å². The van der Waals surface area contributed by atoms with Gasteiger partial charge in [0.1, 0.15) is 5.82 Å². The Hall–Kier alpha value is -5.12. The maximum absolute atomic E-state index is 7.18. The van der Waals surface area contributed by atoms with Gasteiger partial charge >= 0.3 is 0 Å². The van der Waals surface area contributed by atoms with Crippen LogP contribution in [0.1, 0.15) is 172 Å². The molecule has 0 bridgehead atoms. The summed E-state index contributed by atoms with van der Waals surface area (Å²) in [6.45, 7) is 48.5. The monoisotopic (exact) mass is 1130 g/mol. The molecule has 0 saturated heterocycles. The average Bonchev–Trinajstić information content (AvgIpc) is 3.83. The first-order valence-corrected chi connectivity index (χ1v) is 25.4. The van der Waals surface area contributed by atoms with Crippen LogP contribution in [0.5, 0.6) is 11.5 Å². The van der Waals surface area contributed by atoms with E-state index in [1.54, 1.807) is 0 Å². The molecule has 0 atom stereocenters. The molecule has 0 unspecified atom stereocenters. The summed E-state index contributed by atoms with van der Waals surface area (Å²) in [7, 11) is 0. The van der Waals surface area contributed by atoms with E-state index in [1.165, 1.54) is 50.0 Å². The van der Waals surface area contributed by atoms with Gasteiger partial charge in [-0.15, -0.1) is 53.8 Å². The summed E-state index contributed by atoms with van der Waals surface area (Å²) >= 11 is 0. The van der Waals surface area contributed by atoms with Crippen LogP contribution in [-0.4, -0.2) is 9.55 Å². The molecule has 1 aliphatic rings. The average molecular weight is 1130 g/mol. The van der Waals surface area contributed by atoms with Crippen LogP contribution >= 0.6 is 0 Å². The van der Waals surface area contributed by atoms with Gasteiger partial charge in [-0.3, -0.25) is 0 Å². The van der Waals surface area contributed by atoms with Gasteiger partial charge in [-0.25, -0.2) is 4.98 Å². The van der Waals surface area contributed by atoms with Crippen molar-refractivity contribution < 1.29 is 25.8 Å². The topological polar surface area (TPSA) is 33.5 Å². The van der Waals surface area contributed by atoms with E-state index in [0.717, 1.165) is 33.8 Å². The van der Waals surface area contributed by atoms with Crippen LogP contribution in [0, 0.1) is 29.6 Å². The first kappa shape index (κ1) is 53.7. The van der Waals surface area contributed by atoms with E-state index in [9.17, 15) is 0 Å². The fraction of sp³-hybridized carbons (Fsp3) is 0.415. The number of benzene rings is 5. The van der Waals surface area contributed by atoms with E-state index in [1.807, 2.05) is 6.20 Å². The molecule has 6 heteroatoms. The quantitative estimate of drug-likeness (QED) is 0.149. The fourth-order valence-electron chi connectivity index (χ4n) is 9.98. The van der Waals surface area contributed by atoms with Gasteiger partial charge in [0.2, 0.25) is 0 Å². The number of aromatic nitrogens is 2. The third kappa shape index (κ3) is 10.6. The molecule has 0 fully saturated rings. The molecule has 1 aliphatic heterocycles. The Labute approximate surface area is 442 Å². The minimum Gasteiger partial charge on any atom is -0.509 e. The SMILES string of the molecule is CC(C)(C)C1=C(C(C)(C)C)N(c2cc(C(C)(C)C)cc(C(C)(C)c3ccccc3)c2)[CH-]N1c1[c-]c(Oc2[c-]c3c(c(C(C)(C)C)c2)c2ccccc2n3-c2cc(C(C)(C)C)ccn2)cc(C(C)(C)C)c1.[Pt]. The summed E-state index contributed by atoms with van der Waals surface area (Å²) in [6, 6.07) is 45.6. The molecule has 5 aromatic carbocycles. The third-order valence-electron chi connectivity index (χ3n) is 14.1. The number of ether oxygens (including phenoxy) is 1. The van der Waals surface area contributed by atoms with Crippen LogP contribution in [0.4, 0.5) is 11.4 Å². The summed E-state index contributed by atoms with van der Waals surface area (Å²) in [5.74, 6) is 2.15. The van der Waals surface area contributed by atoms with Crippen molar-refractivity contribution in [3.63, 3.8) is 0 Å². The number of pyridine rings is 1. The number of rotatable bonds is 7. The zero-order valence-corrected chi connectivity index (χ0v) is 48.8. The second kappa shape index (κ2) is 18.4. The van der Waals surface area contributed by atoms with E-state index in [4.69, 9.17) is 9.72 Å². The van der Waals surface area contributed by atoms with Crippen molar-refractivity contribution in [1.82, 2.24) is 9.55 Å². The number of hydrogen-bond acceptors (Lipinski definition) is 4. The Morgan fingerprint density at radius 1 is 0.479 bits per heavy atom. The predicted molar refractivity (Wildman–Crippen MR) is 298 cm³/mol. The molecule has 0 aliphatic carbocycles. The molecule has 5 nitrogen and oxygen atoms in total. The van der Waals surface area contributed by atoms with Gasteiger partial charge in [-0.05, 0) is 79.6 Å². The summed E-state index contributed by atoms with van der Waals surface area (Å²) < 4.78 is 9.45. The normalized spacial score (nSPS) is 14.5. The minimum absolute atomic E-state index is 0. The number of fused-ring (bicyclic) bond motifs is 3. The largest absolute Gasteiger partial charge is 0.509 e. The Bertz CT molecular complexity index is 3130. The van der Waals surface area contributed by atoms with Crippen LogP contribution in [0.25, 0.3) is 27.6 Å². The Morgan fingerprint density at radius 2 is 1.03 bits per heavy atom. The molecule has 8 rings (SSSR count). The zero-order valence-electron chi connectivity index (χ0n) is 46.5. The second-order valence-electron chi connectivity index (χ2n) is 26.6. The van der Waals surface area contributed by atoms with Crippen molar-refractivity contribution in [2.24, 2.45) is 10.8 Å². The van der Waals surface area contributed by atoms with Gasteiger partial charge in [0.15, 0.2) is 0 Å². The molecule has 378 valence electrons. The van der Waals surface area contributed by atoms with Crippen molar-refractivity contribution in [3.8, 4) is 17.3 Å². The number of anilines is 2. The van der Waals surface area contributed by atoms with E-state index >= 15 is 0 Å². The van der Waals surface area contributed by atoms with Crippen molar-refractivity contribution in [3.05, 3.63) is 173 Å². The first-order valence-electron chi connectivity index (χ1n) is 25.4. The van der Waals surface area contributed by atoms with Gasteiger partial charge < -0.3 is 19.1 Å². The van der Waals surface area contributed by atoms with E-state index in [-0.39, 0.29) is 59.0 Å². The van der Waals surface area contributed by atoms with Crippen LogP contribution in [0.3, 0.4) is 0 Å². The Kier molecular flexibility index (Phi) is 13.9. The molecule has 2 aromatic heterocycles. The summed E-state index contributed by atoms with van der Waals surface area (Å²) in [4.78, 5) is 9.87. The molecule has 0 radical (unpaired) electrons. The summed E-state index contributed by atoms with van der Waals surface area (Å²) in [6.07, 6.45) is 1.93. The maximum Gasteiger partial charge on any atom is 0.135 e. The van der Waals surface area contributed by atoms with Crippen molar-refractivity contribution >= 4 is 33.2 Å². The van der Waals surface area contributed by atoms with Crippen LogP contribution in [0.2, 0.25) is 0 Å². The van der Waals surface area contributed by atoms with Gasteiger partial charge in [-0.1, -0.05) is 204 Å².